The Morgan fingerprint density at radius 3 is 2.61 bits per heavy atom. The molecular formula is C13H27IN4. The second kappa shape index (κ2) is 10.6. The third kappa shape index (κ3) is 7.20. The first-order chi connectivity index (χ1) is 8.26. The molecular weight excluding hydrogens is 339 g/mol. The van der Waals surface area contributed by atoms with E-state index in [1.54, 1.807) is 7.05 Å². The molecule has 0 aliphatic carbocycles. The fourth-order valence-electron chi connectivity index (χ4n) is 2.13. The third-order valence-corrected chi connectivity index (χ3v) is 3.02. The van der Waals surface area contributed by atoms with E-state index in [0.717, 1.165) is 19.0 Å². The summed E-state index contributed by atoms with van der Waals surface area (Å²) in [5, 5.41) is 6.52. The van der Waals surface area contributed by atoms with Gasteiger partial charge in [0, 0.05) is 26.7 Å². The Balaban J connectivity index is 0.00000289. The molecule has 0 spiro atoms. The maximum atomic E-state index is 4.16. The number of nitrogens with one attached hydrogen (secondary N) is 2. The van der Waals surface area contributed by atoms with E-state index in [-0.39, 0.29) is 24.0 Å². The van der Waals surface area contributed by atoms with Crippen LogP contribution in [0.3, 0.4) is 0 Å². The molecule has 0 aromatic rings. The molecule has 0 aromatic heterocycles. The van der Waals surface area contributed by atoms with Crippen molar-refractivity contribution in [3.05, 3.63) is 12.7 Å². The zero-order chi connectivity index (χ0) is 12.5. The highest BCUT2D eigenvalue weighted by atomic mass is 127. The van der Waals surface area contributed by atoms with Gasteiger partial charge in [-0.15, -0.1) is 30.6 Å². The lowest BCUT2D eigenvalue weighted by Gasteiger charge is -2.21. The van der Waals surface area contributed by atoms with Gasteiger partial charge in [-0.3, -0.25) is 4.99 Å². The molecule has 1 saturated heterocycles. The average molecular weight is 366 g/mol. The summed E-state index contributed by atoms with van der Waals surface area (Å²) in [6.45, 7) is 11.4. The third-order valence-electron chi connectivity index (χ3n) is 3.02. The van der Waals surface area contributed by atoms with Crippen molar-refractivity contribution in [3.63, 3.8) is 0 Å². The quantitative estimate of drug-likeness (QED) is 0.325. The highest BCUT2D eigenvalue weighted by Gasteiger charge is 2.14. The molecule has 1 atom stereocenters. The van der Waals surface area contributed by atoms with E-state index in [1.807, 2.05) is 6.08 Å². The number of hydrogen-bond donors (Lipinski definition) is 2. The zero-order valence-electron chi connectivity index (χ0n) is 11.6. The molecule has 1 fully saturated rings. The van der Waals surface area contributed by atoms with Crippen LogP contribution in [0.2, 0.25) is 0 Å². The topological polar surface area (TPSA) is 39.7 Å². The molecule has 4 nitrogen and oxygen atoms in total. The van der Waals surface area contributed by atoms with Crippen LogP contribution in [0.5, 0.6) is 0 Å². The lowest BCUT2D eigenvalue weighted by molar-refractivity contribution is 0.287. The summed E-state index contributed by atoms with van der Waals surface area (Å²) in [5.74, 6) is 1.51. The summed E-state index contributed by atoms with van der Waals surface area (Å²) in [4.78, 5) is 6.71. The van der Waals surface area contributed by atoms with Crippen molar-refractivity contribution in [3.8, 4) is 0 Å². The maximum Gasteiger partial charge on any atom is 0.191 e. The molecule has 0 saturated carbocycles. The summed E-state index contributed by atoms with van der Waals surface area (Å²) in [5.41, 5.74) is 0. The molecule has 1 unspecified atom stereocenters. The number of aliphatic imine (C=N–C) groups is 1. The lowest BCUT2D eigenvalue weighted by atomic mass is 10.1. The molecule has 0 bridgehead atoms. The van der Waals surface area contributed by atoms with Crippen LogP contribution in [0, 0.1) is 5.92 Å². The van der Waals surface area contributed by atoms with E-state index in [4.69, 9.17) is 0 Å². The van der Waals surface area contributed by atoms with E-state index >= 15 is 0 Å². The molecule has 0 amide bonds. The molecule has 1 aliphatic heterocycles. The van der Waals surface area contributed by atoms with Gasteiger partial charge in [-0.1, -0.05) is 13.0 Å². The number of nitrogens with zero attached hydrogens (tertiary/aromatic N) is 2. The molecule has 0 radical (unpaired) electrons. The smallest absolute Gasteiger partial charge is 0.191 e. The van der Waals surface area contributed by atoms with Gasteiger partial charge in [-0.2, -0.15) is 0 Å². The van der Waals surface area contributed by atoms with Crippen molar-refractivity contribution in [2.75, 3.05) is 39.8 Å². The summed E-state index contributed by atoms with van der Waals surface area (Å²) >= 11 is 0. The Kier molecular flexibility index (Phi) is 10.4. The van der Waals surface area contributed by atoms with Crippen LogP contribution in [0.15, 0.2) is 17.6 Å². The van der Waals surface area contributed by atoms with Crippen LogP contribution in [-0.2, 0) is 0 Å². The first-order valence-corrected chi connectivity index (χ1v) is 6.54. The molecule has 0 aromatic carbocycles. The van der Waals surface area contributed by atoms with Gasteiger partial charge in [0.15, 0.2) is 5.96 Å². The molecule has 18 heavy (non-hydrogen) atoms. The minimum atomic E-state index is 0. The number of likely N-dealkylation sites (tertiary alicyclic amines) is 1. The van der Waals surface area contributed by atoms with Crippen LogP contribution in [0.25, 0.3) is 0 Å². The standard InChI is InChI=1S/C13H26N4.HI/c1-4-7-15-13(14-3)16-10-12(2)11-17-8-5-6-9-17;/h4,12H,1,5-11H2,2-3H3,(H2,14,15,16);1H. The van der Waals surface area contributed by atoms with Gasteiger partial charge in [-0.05, 0) is 31.8 Å². The minimum Gasteiger partial charge on any atom is -0.356 e. The monoisotopic (exact) mass is 366 g/mol. The molecule has 2 N–H and O–H groups in total. The van der Waals surface area contributed by atoms with Crippen LogP contribution in [0.1, 0.15) is 19.8 Å². The summed E-state index contributed by atoms with van der Waals surface area (Å²) in [6, 6.07) is 0. The van der Waals surface area contributed by atoms with Crippen molar-refractivity contribution >= 4 is 29.9 Å². The molecule has 1 heterocycles. The predicted octanol–water partition coefficient (Wildman–Crippen LogP) is 1.69. The van der Waals surface area contributed by atoms with Gasteiger partial charge in [0.2, 0.25) is 0 Å². The van der Waals surface area contributed by atoms with Crippen molar-refractivity contribution in [2.24, 2.45) is 10.9 Å². The number of hydrogen-bond acceptors (Lipinski definition) is 2. The normalized spacial score (nSPS) is 18.0. The fraction of sp³-hybridized carbons (Fsp3) is 0.769. The van der Waals surface area contributed by atoms with E-state index < -0.39 is 0 Å². The van der Waals surface area contributed by atoms with Crippen molar-refractivity contribution in [1.29, 1.82) is 0 Å². The van der Waals surface area contributed by atoms with Gasteiger partial charge in [0.05, 0.1) is 0 Å². The van der Waals surface area contributed by atoms with Crippen LogP contribution in [-0.4, -0.2) is 50.6 Å². The molecule has 5 heteroatoms. The predicted molar refractivity (Wildman–Crippen MR) is 89.8 cm³/mol. The van der Waals surface area contributed by atoms with E-state index in [1.165, 1.54) is 32.5 Å². The van der Waals surface area contributed by atoms with Gasteiger partial charge in [0.25, 0.3) is 0 Å². The Morgan fingerprint density at radius 2 is 2.06 bits per heavy atom. The second-order valence-electron chi connectivity index (χ2n) is 4.74. The Bertz CT molecular complexity index is 249. The van der Waals surface area contributed by atoms with Gasteiger partial charge in [0.1, 0.15) is 0 Å². The lowest BCUT2D eigenvalue weighted by Crippen LogP contribution is -2.41. The number of halogens is 1. The van der Waals surface area contributed by atoms with Crippen LogP contribution < -0.4 is 10.6 Å². The van der Waals surface area contributed by atoms with Gasteiger partial charge in [-0.25, -0.2) is 0 Å². The average Bonchev–Trinajstić information content (AvgIpc) is 2.82. The summed E-state index contributed by atoms with van der Waals surface area (Å²) in [7, 11) is 1.80. The van der Waals surface area contributed by atoms with E-state index in [0.29, 0.717) is 5.92 Å². The number of rotatable bonds is 6. The molecule has 1 aliphatic rings. The Morgan fingerprint density at radius 1 is 1.39 bits per heavy atom. The minimum absolute atomic E-state index is 0. The highest BCUT2D eigenvalue weighted by Crippen LogP contribution is 2.09. The Labute approximate surface area is 128 Å². The van der Waals surface area contributed by atoms with E-state index in [9.17, 15) is 0 Å². The zero-order valence-corrected chi connectivity index (χ0v) is 13.9. The fourth-order valence-corrected chi connectivity index (χ4v) is 2.13. The van der Waals surface area contributed by atoms with E-state index in [2.05, 4.69) is 34.0 Å². The summed E-state index contributed by atoms with van der Waals surface area (Å²) in [6.07, 6.45) is 4.56. The largest absolute Gasteiger partial charge is 0.356 e. The van der Waals surface area contributed by atoms with Crippen molar-refractivity contribution < 1.29 is 0 Å². The van der Waals surface area contributed by atoms with Crippen molar-refractivity contribution in [2.45, 2.75) is 19.8 Å². The Hall–Kier alpha value is -0.300. The van der Waals surface area contributed by atoms with Crippen LogP contribution in [0.4, 0.5) is 0 Å². The van der Waals surface area contributed by atoms with Crippen molar-refractivity contribution in [1.82, 2.24) is 15.5 Å². The SMILES string of the molecule is C=CCNC(=NC)NCC(C)CN1CCCC1.I. The molecule has 1 rings (SSSR count). The highest BCUT2D eigenvalue weighted by molar-refractivity contribution is 14.0. The number of guanidine groups is 1. The molecule has 106 valence electrons. The first kappa shape index (κ1) is 17.7. The summed E-state index contributed by atoms with van der Waals surface area (Å²) < 4.78 is 0. The van der Waals surface area contributed by atoms with Crippen LogP contribution >= 0.6 is 24.0 Å². The van der Waals surface area contributed by atoms with Gasteiger partial charge < -0.3 is 15.5 Å². The maximum absolute atomic E-state index is 4.16. The first-order valence-electron chi connectivity index (χ1n) is 6.54. The van der Waals surface area contributed by atoms with Gasteiger partial charge >= 0.3 is 0 Å². The second-order valence-corrected chi connectivity index (χ2v) is 4.74.